The fraction of sp³-hybridized carbons (Fsp3) is 0.364. The normalized spacial score (nSPS) is 11.0. The summed E-state index contributed by atoms with van der Waals surface area (Å²) < 4.78 is 6.76. The second-order valence-electron chi connectivity index (χ2n) is 3.48. The van der Waals surface area contributed by atoms with Crippen molar-refractivity contribution < 1.29 is 4.42 Å². The second-order valence-corrected chi connectivity index (χ2v) is 3.48. The lowest BCUT2D eigenvalue weighted by Gasteiger charge is -2.00. The maximum atomic E-state index is 11.5. The molecule has 0 radical (unpaired) electrons. The Labute approximate surface area is 87.3 Å². The molecule has 0 saturated heterocycles. The minimum absolute atomic E-state index is 0.284. The highest BCUT2D eigenvalue weighted by atomic mass is 16.4. The van der Waals surface area contributed by atoms with Crippen molar-refractivity contribution in [1.82, 2.24) is 4.57 Å². The van der Waals surface area contributed by atoms with Gasteiger partial charge in [-0.1, -0.05) is 12.1 Å². The lowest BCUT2D eigenvalue weighted by Crippen LogP contribution is -2.14. The van der Waals surface area contributed by atoms with Crippen molar-refractivity contribution in [2.75, 3.05) is 6.54 Å². The fourth-order valence-corrected chi connectivity index (χ4v) is 1.64. The first-order valence-electron chi connectivity index (χ1n) is 5.11. The van der Waals surface area contributed by atoms with Crippen molar-refractivity contribution >= 4 is 11.1 Å². The molecule has 0 bridgehead atoms. The maximum absolute atomic E-state index is 11.5. The summed E-state index contributed by atoms with van der Waals surface area (Å²) in [6, 6.07) is 7.45. The molecule has 2 aromatic rings. The van der Waals surface area contributed by atoms with E-state index >= 15 is 0 Å². The van der Waals surface area contributed by atoms with Crippen molar-refractivity contribution in [1.29, 1.82) is 0 Å². The summed E-state index contributed by atoms with van der Waals surface area (Å²) in [7, 11) is 0. The van der Waals surface area contributed by atoms with Gasteiger partial charge in [0, 0.05) is 6.54 Å². The smallest absolute Gasteiger partial charge is 0.408 e. The topological polar surface area (TPSA) is 61.2 Å². The van der Waals surface area contributed by atoms with Gasteiger partial charge in [0.25, 0.3) is 0 Å². The molecule has 15 heavy (non-hydrogen) atoms. The van der Waals surface area contributed by atoms with Crippen LogP contribution in [0.15, 0.2) is 33.5 Å². The molecule has 1 aromatic heterocycles. The van der Waals surface area contributed by atoms with E-state index in [2.05, 4.69) is 0 Å². The third kappa shape index (κ3) is 1.94. The summed E-state index contributed by atoms with van der Waals surface area (Å²) in [6.07, 6.45) is 1.83. The van der Waals surface area contributed by atoms with Crippen molar-refractivity contribution in [2.45, 2.75) is 19.4 Å². The molecule has 0 unspecified atom stereocenters. The number of benzene rings is 1. The number of oxazole rings is 1. The zero-order valence-electron chi connectivity index (χ0n) is 8.48. The van der Waals surface area contributed by atoms with E-state index in [0.29, 0.717) is 18.7 Å². The zero-order valence-corrected chi connectivity index (χ0v) is 8.48. The van der Waals surface area contributed by atoms with Crippen LogP contribution in [0.3, 0.4) is 0 Å². The van der Waals surface area contributed by atoms with E-state index < -0.39 is 0 Å². The molecule has 0 aliphatic rings. The molecule has 0 fully saturated rings. The minimum atomic E-state index is -0.284. The molecule has 1 aromatic carbocycles. The van der Waals surface area contributed by atoms with Gasteiger partial charge >= 0.3 is 5.76 Å². The molecular weight excluding hydrogens is 192 g/mol. The first-order valence-corrected chi connectivity index (χ1v) is 5.11. The molecule has 4 heteroatoms. The van der Waals surface area contributed by atoms with Crippen LogP contribution in [0.25, 0.3) is 11.1 Å². The largest absolute Gasteiger partial charge is 0.419 e. The highest BCUT2D eigenvalue weighted by molar-refractivity contribution is 5.72. The highest BCUT2D eigenvalue weighted by Gasteiger charge is 2.06. The Bertz CT molecular complexity index is 499. The van der Waals surface area contributed by atoms with Crippen LogP contribution < -0.4 is 11.5 Å². The molecule has 0 atom stereocenters. The monoisotopic (exact) mass is 206 g/mol. The van der Waals surface area contributed by atoms with E-state index in [0.717, 1.165) is 18.4 Å². The van der Waals surface area contributed by atoms with Crippen LogP contribution in [0.2, 0.25) is 0 Å². The fourth-order valence-electron chi connectivity index (χ4n) is 1.64. The first-order chi connectivity index (χ1) is 7.33. The van der Waals surface area contributed by atoms with Crippen molar-refractivity contribution in [3.8, 4) is 0 Å². The molecule has 80 valence electrons. The molecule has 0 saturated carbocycles. The van der Waals surface area contributed by atoms with Crippen LogP contribution in [0.4, 0.5) is 0 Å². The van der Waals surface area contributed by atoms with E-state index in [9.17, 15) is 4.79 Å². The zero-order chi connectivity index (χ0) is 10.7. The van der Waals surface area contributed by atoms with Gasteiger partial charge in [-0.15, -0.1) is 0 Å². The average Bonchev–Trinajstić information content (AvgIpc) is 2.56. The molecule has 0 amide bonds. The first kappa shape index (κ1) is 9.98. The number of nitrogens with zero attached hydrogens (tertiary/aromatic N) is 1. The Morgan fingerprint density at radius 3 is 2.87 bits per heavy atom. The van der Waals surface area contributed by atoms with E-state index in [1.807, 2.05) is 18.2 Å². The number of nitrogens with two attached hydrogens (primary N) is 1. The summed E-state index contributed by atoms with van der Waals surface area (Å²) in [5, 5.41) is 0. The van der Waals surface area contributed by atoms with Crippen molar-refractivity contribution in [3.63, 3.8) is 0 Å². The Kier molecular flexibility index (Phi) is 2.87. The van der Waals surface area contributed by atoms with Gasteiger partial charge in [-0.2, -0.15) is 0 Å². The SMILES string of the molecule is NCCCCn1c(=O)oc2ccccc21. The van der Waals surface area contributed by atoms with Crippen molar-refractivity contribution in [2.24, 2.45) is 5.73 Å². The number of aromatic nitrogens is 1. The highest BCUT2D eigenvalue weighted by Crippen LogP contribution is 2.12. The van der Waals surface area contributed by atoms with Crippen LogP contribution in [-0.2, 0) is 6.54 Å². The minimum Gasteiger partial charge on any atom is -0.408 e. The van der Waals surface area contributed by atoms with Crippen LogP contribution in [0, 0.1) is 0 Å². The van der Waals surface area contributed by atoms with Gasteiger partial charge in [0.05, 0.1) is 5.52 Å². The summed E-state index contributed by atoms with van der Waals surface area (Å²) >= 11 is 0. The third-order valence-corrected chi connectivity index (χ3v) is 2.41. The molecule has 0 spiro atoms. The van der Waals surface area contributed by atoms with Gasteiger partial charge in [-0.3, -0.25) is 4.57 Å². The molecular formula is C11H14N2O2. The van der Waals surface area contributed by atoms with Gasteiger partial charge in [-0.25, -0.2) is 4.79 Å². The van der Waals surface area contributed by atoms with E-state index in [-0.39, 0.29) is 5.76 Å². The van der Waals surface area contributed by atoms with Crippen molar-refractivity contribution in [3.05, 3.63) is 34.8 Å². The second kappa shape index (κ2) is 4.31. The standard InChI is InChI=1S/C11H14N2O2/c12-7-3-4-8-13-9-5-1-2-6-10(9)15-11(13)14/h1-2,5-6H,3-4,7-8,12H2. The van der Waals surface area contributed by atoms with Gasteiger partial charge in [0.15, 0.2) is 5.58 Å². The van der Waals surface area contributed by atoms with E-state index in [1.54, 1.807) is 10.6 Å². The van der Waals surface area contributed by atoms with Crippen LogP contribution in [-0.4, -0.2) is 11.1 Å². The lowest BCUT2D eigenvalue weighted by molar-refractivity contribution is 0.493. The average molecular weight is 206 g/mol. The predicted molar refractivity (Wildman–Crippen MR) is 58.8 cm³/mol. The maximum Gasteiger partial charge on any atom is 0.419 e. The van der Waals surface area contributed by atoms with Gasteiger partial charge in [0.2, 0.25) is 0 Å². The molecule has 0 aliphatic heterocycles. The molecule has 0 aliphatic carbocycles. The number of rotatable bonds is 4. The third-order valence-electron chi connectivity index (χ3n) is 2.41. The Hall–Kier alpha value is -1.55. The molecule has 4 nitrogen and oxygen atoms in total. The van der Waals surface area contributed by atoms with Gasteiger partial charge in [0.1, 0.15) is 0 Å². The number of hydrogen-bond donors (Lipinski definition) is 1. The lowest BCUT2D eigenvalue weighted by atomic mass is 10.3. The predicted octanol–water partition coefficient (Wildman–Crippen LogP) is 1.33. The Balaban J connectivity index is 2.33. The summed E-state index contributed by atoms with van der Waals surface area (Å²) in [5.74, 6) is -0.284. The number of unbranched alkanes of at least 4 members (excludes halogenated alkanes) is 1. The van der Waals surface area contributed by atoms with Crippen LogP contribution in [0.1, 0.15) is 12.8 Å². The summed E-state index contributed by atoms with van der Waals surface area (Å²) in [4.78, 5) is 11.5. The van der Waals surface area contributed by atoms with Gasteiger partial charge in [-0.05, 0) is 31.5 Å². The van der Waals surface area contributed by atoms with E-state index in [1.165, 1.54) is 0 Å². The Morgan fingerprint density at radius 2 is 2.07 bits per heavy atom. The molecule has 1 heterocycles. The molecule has 2 N–H and O–H groups in total. The Morgan fingerprint density at radius 1 is 1.27 bits per heavy atom. The summed E-state index contributed by atoms with van der Waals surface area (Å²) in [5.41, 5.74) is 6.92. The van der Waals surface area contributed by atoms with Gasteiger partial charge < -0.3 is 10.2 Å². The number of hydrogen-bond acceptors (Lipinski definition) is 3. The molecule has 2 rings (SSSR count). The number of aryl methyl sites for hydroxylation is 1. The summed E-state index contributed by atoms with van der Waals surface area (Å²) in [6.45, 7) is 1.33. The van der Waals surface area contributed by atoms with E-state index in [4.69, 9.17) is 10.2 Å². The van der Waals surface area contributed by atoms with Crippen LogP contribution in [0.5, 0.6) is 0 Å². The number of para-hydroxylation sites is 2. The van der Waals surface area contributed by atoms with Crippen LogP contribution >= 0.6 is 0 Å². The quantitative estimate of drug-likeness (QED) is 0.768. The number of fused-ring (bicyclic) bond motifs is 1.